The third kappa shape index (κ3) is 5.96. The Bertz CT molecular complexity index is 105. The topological polar surface area (TPSA) is 12.0 Å². The second-order valence-corrected chi connectivity index (χ2v) is 3.85. The van der Waals surface area contributed by atoms with Gasteiger partial charge < -0.3 is 5.32 Å². The minimum atomic E-state index is 0.421. The van der Waals surface area contributed by atoms with Crippen molar-refractivity contribution in [2.24, 2.45) is 5.41 Å². The van der Waals surface area contributed by atoms with Crippen LogP contribution in [0.25, 0.3) is 0 Å². The molecule has 1 heteroatoms. The van der Waals surface area contributed by atoms with Gasteiger partial charge in [-0.25, -0.2) is 0 Å². The Kier molecular flexibility index (Phi) is 5.01. The third-order valence-electron chi connectivity index (χ3n) is 1.93. The molecule has 0 unspecified atom stereocenters. The van der Waals surface area contributed by atoms with Gasteiger partial charge >= 0.3 is 0 Å². The van der Waals surface area contributed by atoms with Crippen LogP contribution in [-0.4, -0.2) is 6.54 Å². The lowest BCUT2D eigenvalue weighted by atomic mass is 9.87. The van der Waals surface area contributed by atoms with Gasteiger partial charge in [-0.3, -0.25) is 0 Å². The van der Waals surface area contributed by atoms with Crippen molar-refractivity contribution >= 4 is 0 Å². The van der Waals surface area contributed by atoms with Crippen LogP contribution in [0.1, 0.15) is 40.0 Å². The van der Waals surface area contributed by atoms with E-state index in [1.807, 2.05) is 0 Å². The molecule has 0 fully saturated rings. The molecule has 0 aliphatic carbocycles. The van der Waals surface area contributed by atoms with Gasteiger partial charge in [0.1, 0.15) is 0 Å². The van der Waals surface area contributed by atoms with Crippen molar-refractivity contribution < 1.29 is 0 Å². The molecule has 0 spiro atoms. The zero-order chi connectivity index (χ0) is 8.74. The summed E-state index contributed by atoms with van der Waals surface area (Å²) in [5.41, 5.74) is 0.421. The zero-order valence-electron chi connectivity index (χ0n) is 8.11. The first-order valence-corrected chi connectivity index (χ1v) is 4.46. The van der Waals surface area contributed by atoms with E-state index in [9.17, 15) is 0 Å². The predicted octanol–water partition coefficient (Wildman–Crippen LogP) is 2.94. The van der Waals surface area contributed by atoms with Crippen molar-refractivity contribution in [2.75, 3.05) is 6.54 Å². The minimum Gasteiger partial charge on any atom is -0.391 e. The average molecular weight is 155 g/mol. The summed E-state index contributed by atoms with van der Waals surface area (Å²) in [4.78, 5) is 0. The van der Waals surface area contributed by atoms with E-state index in [0.717, 1.165) is 6.54 Å². The van der Waals surface area contributed by atoms with E-state index in [1.165, 1.54) is 19.3 Å². The molecule has 0 rings (SSSR count). The second-order valence-electron chi connectivity index (χ2n) is 3.85. The molecule has 0 aromatic rings. The highest BCUT2D eigenvalue weighted by molar-refractivity contribution is 4.75. The van der Waals surface area contributed by atoms with Crippen LogP contribution in [0.15, 0.2) is 12.8 Å². The van der Waals surface area contributed by atoms with Crippen molar-refractivity contribution in [3.05, 3.63) is 12.8 Å². The summed E-state index contributed by atoms with van der Waals surface area (Å²) in [7, 11) is 0. The maximum Gasteiger partial charge on any atom is 0.0192 e. The summed E-state index contributed by atoms with van der Waals surface area (Å²) < 4.78 is 0. The molecule has 11 heavy (non-hydrogen) atoms. The summed E-state index contributed by atoms with van der Waals surface area (Å²) in [5, 5.41) is 3.16. The van der Waals surface area contributed by atoms with Gasteiger partial charge in [0.2, 0.25) is 0 Å². The van der Waals surface area contributed by atoms with Gasteiger partial charge in [-0.2, -0.15) is 0 Å². The lowest BCUT2D eigenvalue weighted by molar-refractivity contribution is 0.318. The molecule has 0 bridgehead atoms. The van der Waals surface area contributed by atoms with Crippen LogP contribution >= 0.6 is 0 Å². The zero-order valence-corrected chi connectivity index (χ0v) is 8.11. The summed E-state index contributed by atoms with van der Waals surface area (Å²) in [6.45, 7) is 11.5. The van der Waals surface area contributed by atoms with Crippen LogP contribution < -0.4 is 5.32 Å². The predicted molar refractivity (Wildman–Crippen MR) is 51.5 cm³/mol. The number of rotatable bonds is 6. The highest BCUT2D eigenvalue weighted by Gasteiger charge is 2.15. The fraction of sp³-hybridized carbons (Fsp3) is 0.800. The first-order chi connectivity index (χ1) is 5.12. The SMILES string of the molecule is C=CNCC(C)(C)CCCC. The van der Waals surface area contributed by atoms with Gasteiger partial charge in [-0.05, 0) is 18.0 Å². The van der Waals surface area contributed by atoms with Crippen LogP contribution in [-0.2, 0) is 0 Å². The van der Waals surface area contributed by atoms with E-state index in [0.29, 0.717) is 5.41 Å². The molecule has 1 N–H and O–H groups in total. The third-order valence-corrected chi connectivity index (χ3v) is 1.93. The molecule has 0 aliphatic heterocycles. The van der Waals surface area contributed by atoms with Crippen LogP contribution in [0.5, 0.6) is 0 Å². The maximum absolute atomic E-state index is 3.63. The summed E-state index contributed by atoms with van der Waals surface area (Å²) in [6.07, 6.45) is 5.68. The van der Waals surface area contributed by atoms with E-state index < -0.39 is 0 Å². The van der Waals surface area contributed by atoms with Crippen molar-refractivity contribution in [3.63, 3.8) is 0 Å². The Morgan fingerprint density at radius 1 is 1.45 bits per heavy atom. The van der Waals surface area contributed by atoms with E-state index in [4.69, 9.17) is 0 Å². The molecule has 0 aromatic heterocycles. The van der Waals surface area contributed by atoms with Crippen LogP contribution in [0.2, 0.25) is 0 Å². The Balaban J connectivity index is 3.51. The molecule has 0 atom stereocenters. The average Bonchev–Trinajstić information content (AvgIpc) is 1.97. The minimum absolute atomic E-state index is 0.421. The van der Waals surface area contributed by atoms with Crippen molar-refractivity contribution in [3.8, 4) is 0 Å². The molecule has 0 aliphatic rings. The van der Waals surface area contributed by atoms with Crippen molar-refractivity contribution in [2.45, 2.75) is 40.0 Å². The van der Waals surface area contributed by atoms with Gasteiger partial charge in [0.15, 0.2) is 0 Å². The fourth-order valence-electron chi connectivity index (χ4n) is 1.09. The lowest BCUT2D eigenvalue weighted by Crippen LogP contribution is -2.25. The van der Waals surface area contributed by atoms with Gasteiger partial charge in [0.05, 0.1) is 0 Å². The molecule has 0 heterocycles. The van der Waals surface area contributed by atoms with E-state index in [2.05, 4.69) is 32.7 Å². The molecule has 1 nitrogen and oxygen atoms in total. The van der Waals surface area contributed by atoms with Gasteiger partial charge in [0.25, 0.3) is 0 Å². The Morgan fingerprint density at radius 3 is 2.55 bits per heavy atom. The van der Waals surface area contributed by atoms with Gasteiger partial charge in [-0.15, -0.1) is 0 Å². The second kappa shape index (κ2) is 5.22. The highest BCUT2D eigenvalue weighted by atomic mass is 14.8. The first-order valence-electron chi connectivity index (χ1n) is 4.46. The van der Waals surface area contributed by atoms with Crippen molar-refractivity contribution in [1.82, 2.24) is 5.32 Å². The molecule has 0 saturated heterocycles. The highest BCUT2D eigenvalue weighted by Crippen LogP contribution is 2.21. The number of hydrogen-bond acceptors (Lipinski definition) is 1. The quantitative estimate of drug-likeness (QED) is 0.622. The van der Waals surface area contributed by atoms with Crippen LogP contribution in [0.3, 0.4) is 0 Å². The monoisotopic (exact) mass is 155 g/mol. The standard InChI is InChI=1S/C10H21N/c1-5-7-8-10(3,4)9-11-6-2/h6,11H,2,5,7-9H2,1,3-4H3. The number of hydrogen-bond donors (Lipinski definition) is 1. The molecular formula is C10H21N. The maximum atomic E-state index is 3.63. The summed E-state index contributed by atoms with van der Waals surface area (Å²) in [5.74, 6) is 0. The van der Waals surface area contributed by atoms with Crippen LogP contribution in [0, 0.1) is 5.41 Å². The number of nitrogens with one attached hydrogen (secondary N) is 1. The Hall–Kier alpha value is -0.460. The Labute approximate surface area is 70.9 Å². The summed E-state index contributed by atoms with van der Waals surface area (Å²) >= 11 is 0. The molecule has 0 radical (unpaired) electrons. The molecule has 0 amide bonds. The van der Waals surface area contributed by atoms with Crippen LogP contribution in [0.4, 0.5) is 0 Å². The molecule has 66 valence electrons. The smallest absolute Gasteiger partial charge is 0.0192 e. The van der Waals surface area contributed by atoms with Crippen molar-refractivity contribution in [1.29, 1.82) is 0 Å². The van der Waals surface area contributed by atoms with E-state index in [1.54, 1.807) is 6.20 Å². The van der Waals surface area contributed by atoms with Gasteiger partial charge in [0, 0.05) is 6.54 Å². The van der Waals surface area contributed by atoms with Gasteiger partial charge in [-0.1, -0.05) is 40.2 Å². The van der Waals surface area contributed by atoms with E-state index in [-0.39, 0.29) is 0 Å². The molecular weight excluding hydrogens is 134 g/mol. The number of unbranched alkanes of at least 4 members (excludes halogenated alkanes) is 1. The molecule has 0 aromatic carbocycles. The lowest BCUT2D eigenvalue weighted by Gasteiger charge is -2.24. The Morgan fingerprint density at radius 2 is 2.09 bits per heavy atom. The molecule has 0 saturated carbocycles. The largest absolute Gasteiger partial charge is 0.391 e. The van der Waals surface area contributed by atoms with E-state index >= 15 is 0 Å². The summed E-state index contributed by atoms with van der Waals surface area (Å²) in [6, 6.07) is 0. The first kappa shape index (κ1) is 10.5. The fourth-order valence-corrected chi connectivity index (χ4v) is 1.09. The normalized spacial score (nSPS) is 11.2.